The highest BCUT2D eigenvalue weighted by Crippen LogP contribution is 2.35. The smallest absolute Gasteiger partial charge is 0.347 e. The summed E-state index contributed by atoms with van der Waals surface area (Å²) in [6, 6.07) is 15.9. The molecule has 0 saturated heterocycles. The molecule has 1 aliphatic carbocycles. The molecule has 1 N–H and O–H groups in total. The molecule has 4 rings (SSSR count). The van der Waals surface area contributed by atoms with Crippen LogP contribution in [-0.4, -0.2) is 22.6 Å². The maximum absolute atomic E-state index is 12.8. The Bertz CT molecular complexity index is 1110. The lowest BCUT2D eigenvalue weighted by Crippen LogP contribution is -2.22. The monoisotopic (exact) mass is 358 g/mol. The number of hydrogen-bond acceptors (Lipinski definition) is 5. The van der Waals surface area contributed by atoms with Crippen molar-refractivity contribution in [2.75, 3.05) is 0 Å². The molecule has 0 bridgehead atoms. The summed E-state index contributed by atoms with van der Waals surface area (Å²) in [5, 5.41) is 10.6. The number of carbonyl (C=O) groups is 3. The highest BCUT2D eigenvalue weighted by Gasteiger charge is 2.34. The molecule has 132 valence electrons. The Morgan fingerprint density at radius 3 is 2.11 bits per heavy atom. The van der Waals surface area contributed by atoms with E-state index in [4.69, 9.17) is 4.74 Å². The second-order valence-electron chi connectivity index (χ2n) is 6.29. The van der Waals surface area contributed by atoms with Crippen molar-refractivity contribution in [2.24, 2.45) is 0 Å². The van der Waals surface area contributed by atoms with Crippen molar-refractivity contribution < 1.29 is 24.2 Å². The molecule has 0 amide bonds. The highest BCUT2D eigenvalue weighted by atomic mass is 16.5. The van der Waals surface area contributed by atoms with Gasteiger partial charge in [-0.3, -0.25) is 9.59 Å². The van der Waals surface area contributed by atoms with Gasteiger partial charge in [0.2, 0.25) is 0 Å². The summed E-state index contributed by atoms with van der Waals surface area (Å²) in [6.45, 7) is 1.90. The van der Waals surface area contributed by atoms with Crippen LogP contribution in [0.25, 0.3) is 0 Å². The van der Waals surface area contributed by atoms with E-state index >= 15 is 0 Å². The van der Waals surface area contributed by atoms with E-state index in [0.717, 1.165) is 5.56 Å². The van der Waals surface area contributed by atoms with Crippen LogP contribution in [0.15, 0.2) is 60.7 Å². The third kappa shape index (κ3) is 2.69. The van der Waals surface area contributed by atoms with Crippen LogP contribution in [0.5, 0.6) is 11.5 Å². The first-order valence-corrected chi connectivity index (χ1v) is 8.30. The number of ether oxygens (including phenoxy) is 1. The number of aromatic hydroxyl groups is 1. The van der Waals surface area contributed by atoms with Gasteiger partial charge in [-0.1, -0.05) is 42.0 Å². The maximum Gasteiger partial charge on any atom is 0.347 e. The van der Waals surface area contributed by atoms with Gasteiger partial charge in [-0.2, -0.15) is 0 Å². The molecule has 5 heteroatoms. The number of benzene rings is 3. The lowest BCUT2D eigenvalue weighted by atomic mass is 9.82. The Hall–Kier alpha value is -3.73. The van der Waals surface area contributed by atoms with Crippen molar-refractivity contribution in [2.45, 2.75) is 6.92 Å². The summed E-state index contributed by atoms with van der Waals surface area (Å²) in [4.78, 5) is 37.9. The first-order chi connectivity index (χ1) is 13.0. The molecular weight excluding hydrogens is 344 g/mol. The average molecular weight is 358 g/mol. The Kier molecular flexibility index (Phi) is 3.85. The second-order valence-corrected chi connectivity index (χ2v) is 6.29. The van der Waals surface area contributed by atoms with Gasteiger partial charge in [-0.15, -0.1) is 0 Å². The molecule has 0 heterocycles. The fourth-order valence-corrected chi connectivity index (χ4v) is 3.10. The molecule has 3 aromatic rings. The number of ketones is 2. The maximum atomic E-state index is 12.8. The molecule has 5 nitrogen and oxygen atoms in total. The van der Waals surface area contributed by atoms with E-state index in [2.05, 4.69) is 0 Å². The minimum Gasteiger partial charge on any atom is -0.506 e. The quantitative estimate of drug-likeness (QED) is 0.437. The van der Waals surface area contributed by atoms with Gasteiger partial charge in [0.25, 0.3) is 0 Å². The molecule has 27 heavy (non-hydrogen) atoms. The largest absolute Gasteiger partial charge is 0.506 e. The summed E-state index contributed by atoms with van der Waals surface area (Å²) >= 11 is 0. The Labute approximate surface area is 154 Å². The highest BCUT2D eigenvalue weighted by molar-refractivity contribution is 6.29. The van der Waals surface area contributed by atoms with Gasteiger partial charge in [0.05, 0.1) is 5.56 Å². The first-order valence-electron chi connectivity index (χ1n) is 8.30. The van der Waals surface area contributed by atoms with Crippen molar-refractivity contribution in [3.05, 3.63) is 94.0 Å². The number of carbonyl (C=O) groups excluding carboxylic acids is 3. The molecule has 0 fully saturated rings. The molecule has 0 spiro atoms. The zero-order chi connectivity index (χ0) is 19.1. The lowest BCUT2D eigenvalue weighted by Gasteiger charge is -2.19. The molecular formula is C22H14O5. The lowest BCUT2D eigenvalue weighted by molar-refractivity contribution is 0.0731. The standard InChI is InChI=1S/C22H14O5/c1-12-6-8-13(9-7-12)27-22(26)17-11-10-16-18(21(17)25)20(24)15-5-3-2-4-14(15)19(16)23/h2-11,25H,1H3. The van der Waals surface area contributed by atoms with E-state index in [1.807, 2.05) is 6.92 Å². The van der Waals surface area contributed by atoms with Crippen molar-refractivity contribution in [1.82, 2.24) is 0 Å². The minimum absolute atomic E-state index is 0.0723. The number of aryl methyl sites for hydroxylation is 1. The van der Waals surface area contributed by atoms with Crippen LogP contribution in [-0.2, 0) is 0 Å². The Morgan fingerprint density at radius 2 is 1.44 bits per heavy atom. The van der Waals surface area contributed by atoms with E-state index in [0.29, 0.717) is 5.75 Å². The van der Waals surface area contributed by atoms with E-state index in [1.165, 1.54) is 18.2 Å². The van der Waals surface area contributed by atoms with Crippen molar-refractivity contribution in [1.29, 1.82) is 0 Å². The first kappa shape index (κ1) is 16.7. The summed E-state index contributed by atoms with van der Waals surface area (Å²) in [7, 11) is 0. The van der Waals surface area contributed by atoms with Gasteiger partial charge in [0.15, 0.2) is 11.6 Å². The fourth-order valence-electron chi connectivity index (χ4n) is 3.10. The summed E-state index contributed by atoms with van der Waals surface area (Å²) in [5.41, 5.74) is 1.22. The third-order valence-electron chi connectivity index (χ3n) is 4.52. The molecule has 0 atom stereocenters. The van der Waals surface area contributed by atoms with Gasteiger partial charge in [0, 0.05) is 16.7 Å². The normalized spacial score (nSPS) is 12.3. The van der Waals surface area contributed by atoms with Crippen LogP contribution in [0.2, 0.25) is 0 Å². The van der Waals surface area contributed by atoms with E-state index < -0.39 is 17.5 Å². The molecule has 0 unspecified atom stereocenters. The third-order valence-corrected chi connectivity index (χ3v) is 4.52. The van der Waals surface area contributed by atoms with Gasteiger partial charge in [-0.05, 0) is 31.2 Å². The number of phenols is 1. The van der Waals surface area contributed by atoms with Crippen LogP contribution in [0.1, 0.15) is 47.8 Å². The van der Waals surface area contributed by atoms with Crippen molar-refractivity contribution >= 4 is 17.5 Å². The van der Waals surface area contributed by atoms with Gasteiger partial charge < -0.3 is 9.84 Å². The number of fused-ring (bicyclic) bond motifs is 2. The van der Waals surface area contributed by atoms with E-state index in [9.17, 15) is 19.5 Å². The number of esters is 1. The van der Waals surface area contributed by atoms with Crippen molar-refractivity contribution in [3.8, 4) is 11.5 Å². The number of hydrogen-bond donors (Lipinski definition) is 1. The summed E-state index contributed by atoms with van der Waals surface area (Å²) < 4.78 is 5.26. The van der Waals surface area contributed by atoms with Crippen molar-refractivity contribution in [3.63, 3.8) is 0 Å². The average Bonchev–Trinajstić information content (AvgIpc) is 2.67. The topological polar surface area (TPSA) is 80.7 Å². The number of rotatable bonds is 2. The van der Waals surface area contributed by atoms with Crippen LogP contribution in [0.3, 0.4) is 0 Å². The molecule has 0 aliphatic heterocycles. The van der Waals surface area contributed by atoms with E-state index in [1.54, 1.807) is 42.5 Å². The molecule has 1 aliphatic rings. The molecule has 0 saturated carbocycles. The van der Waals surface area contributed by atoms with E-state index in [-0.39, 0.29) is 33.6 Å². The van der Waals surface area contributed by atoms with Gasteiger partial charge in [0.1, 0.15) is 17.1 Å². The predicted molar refractivity (Wildman–Crippen MR) is 97.6 cm³/mol. The predicted octanol–water partition coefficient (Wildman–Crippen LogP) is 3.70. The zero-order valence-electron chi connectivity index (χ0n) is 14.4. The minimum atomic E-state index is -0.807. The van der Waals surface area contributed by atoms with Crippen LogP contribution >= 0.6 is 0 Å². The Morgan fingerprint density at radius 1 is 0.815 bits per heavy atom. The second kappa shape index (κ2) is 6.21. The van der Waals surface area contributed by atoms with Crippen LogP contribution in [0.4, 0.5) is 0 Å². The summed E-state index contributed by atoms with van der Waals surface area (Å²) in [6.07, 6.45) is 0. The van der Waals surface area contributed by atoms with Crippen LogP contribution < -0.4 is 4.74 Å². The van der Waals surface area contributed by atoms with Gasteiger partial charge in [-0.25, -0.2) is 4.79 Å². The Balaban J connectivity index is 1.75. The zero-order valence-corrected chi connectivity index (χ0v) is 14.4. The molecule has 0 aromatic heterocycles. The number of phenolic OH excluding ortho intramolecular Hbond substituents is 1. The summed E-state index contributed by atoms with van der Waals surface area (Å²) in [5.74, 6) is -1.90. The molecule has 3 aromatic carbocycles. The van der Waals surface area contributed by atoms with Gasteiger partial charge >= 0.3 is 5.97 Å². The molecule has 0 radical (unpaired) electrons. The fraction of sp³-hybridized carbons (Fsp3) is 0.0455. The van der Waals surface area contributed by atoms with Crippen LogP contribution in [0, 0.1) is 6.92 Å². The SMILES string of the molecule is Cc1ccc(OC(=O)c2ccc3c(c2O)C(=O)c2ccccc2C3=O)cc1.